The van der Waals surface area contributed by atoms with E-state index < -0.39 is 0 Å². The highest BCUT2D eigenvalue weighted by molar-refractivity contribution is 5.60. The van der Waals surface area contributed by atoms with Gasteiger partial charge in [-0.25, -0.2) is 4.98 Å². The molecule has 0 radical (unpaired) electrons. The van der Waals surface area contributed by atoms with E-state index in [1.165, 1.54) is 12.8 Å². The van der Waals surface area contributed by atoms with Gasteiger partial charge in [-0.2, -0.15) is 0 Å². The predicted molar refractivity (Wildman–Crippen MR) is 132 cm³/mol. The quantitative estimate of drug-likeness (QED) is 0.442. The Bertz CT molecular complexity index is 422. The highest BCUT2D eigenvalue weighted by Crippen LogP contribution is 2.21. The molecule has 2 heteroatoms. The molecular formula is C26H52N2. The minimum Gasteiger partial charge on any atom is -0.250 e. The fourth-order valence-corrected chi connectivity index (χ4v) is 2.05. The number of hydrogen-bond acceptors (Lipinski definition) is 2. The lowest BCUT2D eigenvalue weighted by atomic mass is 9.88. The second-order valence-corrected chi connectivity index (χ2v) is 6.77. The number of nitrogens with zero attached hydrogens (tertiary/aromatic N) is 2. The van der Waals surface area contributed by atoms with Gasteiger partial charge in [0.2, 0.25) is 0 Å². The molecule has 0 fully saturated rings. The molecule has 1 aromatic heterocycles. The molecule has 0 saturated heterocycles. The third-order valence-corrected chi connectivity index (χ3v) is 4.12. The van der Waals surface area contributed by atoms with E-state index in [1.54, 1.807) is 12.4 Å². The van der Waals surface area contributed by atoms with Crippen LogP contribution in [0.3, 0.4) is 0 Å². The van der Waals surface area contributed by atoms with Crippen molar-refractivity contribution >= 4 is 11.9 Å². The Hall–Kier alpha value is -1.36. The molecule has 0 aliphatic rings. The van der Waals surface area contributed by atoms with E-state index in [4.69, 9.17) is 0 Å². The Morgan fingerprint density at radius 2 is 1.46 bits per heavy atom. The van der Waals surface area contributed by atoms with E-state index in [-0.39, 0.29) is 0 Å². The lowest BCUT2D eigenvalue weighted by molar-refractivity contribution is 0.327. The molecule has 0 aliphatic carbocycles. The summed E-state index contributed by atoms with van der Waals surface area (Å²) in [6, 6.07) is 5.73. The number of rotatable bonds is 6. The van der Waals surface area contributed by atoms with E-state index in [0.29, 0.717) is 5.92 Å². The Kier molecular flexibility index (Phi) is 31.3. The molecule has 1 rings (SSSR count). The molecule has 0 amide bonds. The van der Waals surface area contributed by atoms with E-state index >= 15 is 0 Å². The summed E-state index contributed by atoms with van der Waals surface area (Å²) in [6.45, 7) is 29.7. The normalized spacial score (nSPS) is 11.4. The second-order valence-electron chi connectivity index (χ2n) is 6.77. The van der Waals surface area contributed by atoms with Gasteiger partial charge in [0, 0.05) is 6.21 Å². The Morgan fingerprint density at radius 1 is 0.964 bits per heavy atom. The largest absolute Gasteiger partial charge is 0.250 e. The van der Waals surface area contributed by atoms with Crippen molar-refractivity contribution in [1.29, 1.82) is 0 Å². The molecule has 0 N–H and O–H groups in total. The standard InChI is InChI=1S/C10H12N2.C10H22.3C2H6/c1-4-11-9-6-5-7-12-10(9)8(2)3;1-6-9(4)7-10(5)8(2)3;3*1-2/h4,7-8H,1-3H3;8-10H,6-7H2,1-5H3;3*1-2H3/t;9-,10?;;;/m.1.../s1. The fraction of sp³-hybridized carbons (Fsp3) is 0.769. The molecule has 2 atom stereocenters. The highest BCUT2D eigenvalue weighted by atomic mass is 14.8. The summed E-state index contributed by atoms with van der Waals surface area (Å²) in [5.74, 6) is 3.05. The van der Waals surface area contributed by atoms with Crippen LogP contribution in [-0.4, -0.2) is 11.2 Å². The molecule has 0 aliphatic heterocycles. The summed E-state index contributed by atoms with van der Waals surface area (Å²) in [5.41, 5.74) is 1.78. The van der Waals surface area contributed by atoms with Crippen LogP contribution in [0.25, 0.3) is 0 Å². The summed E-state index contributed by atoms with van der Waals surface area (Å²) in [6.07, 6.45) is 6.10. The van der Waals surface area contributed by atoms with Crippen molar-refractivity contribution in [2.75, 3.05) is 0 Å². The molecule has 0 bridgehead atoms. The lowest BCUT2D eigenvalue weighted by Gasteiger charge is -2.18. The van der Waals surface area contributed by atoms with Crippen molar-refractivity contribution in [3.63, 3.8) is 0 Å². The third kappa shape index (κ3) is 19.4. The van der Waals surface area contributed by atoms with Crippen molar-refractivity contribution in [2.45, 2.75) is 116 Å². The maximum Gasteiger partial charge on any atom is 0.134 e. The van der Waals surface area contributed by atoms with Crippen molar-refractivity contribution in [3.05, 3.63) is 24.0 Å². The van der Waals surface area contributed by atoms with Gasteiger partial charge in [-0.1, -0.05) is 96.4 Å². The number of aromatic nitrogens is 1. The van der Waals surface area contributed by atoms with Crippen LogP contribution in [0.4, 0.5) is 5.69 Å². The topological polar surface area (TPSA) is 25.2 Å². The summed E-state index contributed by atoms with van der Waals surface area (Å²) < 4.78 is 0. The molecule has 166 valence electrons. The van der Waals surface area contributed by atoms with Crippen LogP contribution in [-0.2, 0) is 0 Å². The van der Waals surface area contributed by atoms with E-state index in [2.05, 4.69) is 70.6 Å². The molecule has 1 unspecified atom stereocenters. The Labute approximate surface area is 179 Å². The summed E-state index contributed by atoms with van der Waals surface area (Å²) >= 11 is 0. The average molecular weight is 393 g/mol. The van der Waals surface area contributed by atoms with Gasteiger partial charge in [0.05, 0.1) is 11.9 Å². The zero-order valence-corrected chi connectivity index (χ0v) is 21.8. The Morgan fingerprint density at radius 3 is 1.82 bits per heavy atom. The van der Waals surface area contributed by atoms with Gasteiger partial charge in [-0.05, 0) is 49.1 Å². The predicted octanol–water partition coefficient (Wildman–Crippen LogP) is 9.32. The molecule has 0 spiro atoms. The zero-order chi connectivity index (χ0) is 23.1. The van der Waals surface area contributed by atoms with Gasteiger partial charge in [0.15, 0.2) is 0 Å². The monoisotopic (exact) mass is 392 g/mol. The molecule has 1 aromatic rings. The maximum absolute atomic E-state index is 4.20. The summed E-state index contributed by atoms with van der Waals surface area (Å²) in [7, 11) is 0. The highest BCUT2D eigenvalue weighted by Gasteiger charge is 2.09. The van der Waals surface area contributed by atoms with Crippen LogP contribution in [0, 0.1) is 29.9 Å². The maximum atomic E-state index is 4.20. The van der Waals surface area contributed by atoms with Crippen LogP contribution in [0.1, 0.15) is 121 Å². The molecule has 2 nitrogen and oxygen atoms in total. The van der Waals surface area contributed by atoms with Crippen LogP contribution < -0.4 is 0 Å². The van der Waals surface area contributed by atoms with Crippen LogP contribution in [0.15, 0.2) is 11.2 Å². The van der Waals surface area contributed by atoms with E-state index in [9.17, 15) is 0 Å². The van der Waals surface area contributed by atoms with Crippen molar-refractivity contribution in [3.8, 4) is 0 Å². The minimum atomic E-state index is 0.384. The van der Waals surface area contributed by atoms with Gasteiger partial charge < -0.3 is 0 Å². The molecule has 0 saturated carbocycles. The smallest absolute Gasteiger partial charge is 0.134 e. The van der Waals surface area contributed by atoms with Gasteiger partial charge in [0.25, 0.3) is 0 Å². The minimum absolute atomic E-state index is 0.384. The first kappa shape index (κ1) is 34.2. The summed E-state index contributed by atoms with van der Waals surface area (Å²) in [5, 5.41) is 0. The van der Waals surface area contributed by atoms with Crippen molar-refractivity contribution in [1.82, 2.24) is 4.98 Å². The van der Waals surface area contributed by atoms with E-state index in [0.717, 1.165) is 29.1 Å². The fourth-order valence-electron chi connectivity index (χ4n) is 2.05. The third-order valence-electron chi connectivity index (χ3n) is 4.12. The molecule has 0 aromatic carbocycles. The first-order valence-corrected chi connectivity index (χ1v) is 11.6. The first-order chi connectivity index (χ1) is 13.3. The van der Waals surface area contributed by atoms with Gasteiger partial charge in [-0.15, -0.1) is 0 Å². The van der Waals surface area contributed by atoms with Crippen LogP contribution in [0.5, 0.6) is 0 Å². The van der Waals surface area contributed by atoms with Gasteiger partial charge >= 0.3 is 0 Å². The van der Waals surface area contributed by atoms with Crippen LogP contribution >= 0.6 is 0 Å². The van der Waals surface area contributed by atoms with Crippen molar-refractivity contribution < 1.29 is 0 Å². The number of hydrogen-bond donors (Lipinski definition) is 0. The van der Waals surface area contributed by atoms with Gasteiger partial charge in [-0.3, -0.25) is 4.99 Å². The summed E-state index contributed by atoms with van der Waals surface area (Å²) in [4.78, 5) is 8.35. The molecule has 1 heterocycles. The average Bonchev–Trinajstić information content (AvgIpc) is 2.73. The Balaban J connectivity index is -0.000000164. The number of aliphatic imine (C=N–C) groups is 1. The van der Waals surface area contributed by atoms with Crippen molar-refractivity contribution in [2.24, 2.45) is 22.7 Å². The second kappa shape index (κ2) is 25.6. The first-order valence-electron chi connectivity index (χ1n) is 11.6. The van der Waals surface area contributed by atoms with Crippen LogP contribution in [0.2, 0.25) is 0 Å². The SMILES string of the molecule is CC.CC.CC.CC=Nc1c#ccnc1C(C)C.CC[C@@H](C)CC(C)C(C)C. The lowest BCUT2D eigenvalue weighted by Crippen LogP contribution is -2.08. The molecule has 28 heavy (non-hydrogen) atoms. The van der Waals surface area contributed by atoms with Gasteiger partial charge in [0.1, 0.15) is 5.69 Å². The van der Waals surface area contributed by atoms with E-state index in [1.807, 2.05) is 48.5 Å². The zero-order valence-electron chi connectivity index (χ0n) is 21.8. The molecular weight excluding hydrogens is 340 g/mol.